The average molecular weight is 296 g/mol. The molecule has 4 rings (SSSR count). The molecule has 6 heteroatoms. The van der Waals surface area contributed by atoms with Crippen LogP contribution in [0.15, 0.2) is 36.5 Å². The number of alkyl halides is 2. The second-order valence-electron chi connectivity index (χ2n) is 5.04. The van der Waals surface area contributed by atoms with Crippen molar-refractivity contribution in [3.8, 4) is 11.5 Å². The van der Waals surface area contributed by atoms with Gasteiger partial charge in [-0.25, -0.2) is 0 Å². The molecular formula is C15H18F2N2O2. The lowest BCUT2D eigenvalue weighted by Crippen LogP contribution is -2.25. The predicted molar refractivity (Wildman–Crippen MR) is 74.4 cm³/mol. The Morgan fingerprint density at radius 1 is 1.14 bits per heavy atom. The summed E-state index contributed by atoms with van der Waals surface area (Å²) in [6.07, 6.45) is 1.21. The summed E-state index contributed by atoms with van der Waals surface area (Å²) >= 11 is 0. The Kier molecular flexibility index (Phi) is 4.77. The van der Waals surface area contributed by atoms with E-state index in [2.05, 4.69) is 26.6 Å². The van der Waals surface area contributed by atoms with Crippen LogP contribution in [0.3, 0.4) is 0 Å². The molecule has 0 amide bonds. The molecule has 0 bridgehead atoms. The minimum absolute atomic E-state index is 0.0810. The zero-order chi connectivity index (χ0) is 15.3. The van der Waals surface area contributed by atoms with Crippen LogP contribution in [0.2, 0.25) is 0 Å². The lowest BCUT2D eigenvalue weighted by Gasteiger charge is -2.04. The topological polar surface area (TPSA) is 47.1 Å². The minimum Gasteiger partial charge on any atom is -0.395 e. The van der Waals surface area contributed by atoms with Gasteiger partial charge in [0.05, 0.1) is 0 Å². The highest BCUT2D eigenvalue weighted by Crippen LogP contribution is 2.39. The summed E-state index contributed by atoms with van der Waals surface area (Å²) in [4.78, 5) is 0. The molecule has 1 aliphatic heterocycles. The Hall–Kier alpha value is -2.11. The van der Waals surface area contributed by atoms with Gasteiger partial charge in [0, 0.05) is 11.9 Å². The monoisotopic (exact) mass is 296 g/mol. The van der Waals surface area contributed by atoms with E-state index in [1.54, 1.807) is 18.3 Å². The number of nitrogens with one attached hydrogen (secondary N) is 1. The summed E-state index contributed by atoms with van der Waals surface area (Å²) < 4.78 is 32.9. The van der Waals surface area contributed by atoms with Gasteiger partial charge in [-0.05, 0) is 31.0 Å². The molecule has 1 fully saturated rings. The second kappa shape index (κ2) is 6.56. The van der Waals surface area contributed by atoms with Gasteiger partial charge in [-0.2, -0.15) is 5.10 Å². The van der Waals surface area contributed by atoms with Crippen molar-refractivity contribution in [1.29, 1.82) is 0 Å². The van der Waals surface area contributed by atoms with E-state index in [4.69, 9.17) is 0 Å². The first-order chi connectivity index (χ1) is 9.96. The molecule has 114 valence electrons. The molecule has 1 aromatic carbocycles. The highest BCUT2D eigenvalue weighted by Gasteiger charge is 2.42. The zero-order valence-electron chi connectivity index (χ0n) is 12.0. The quantitative estimate of drug-likeness (QED) is 0.794. The van der Waals surface area contributed by atoms with Crippen LogP contribution in [-0.4, -0.2) is 16.5 Å². The molecule has 0 spiro atoms. The smallest absolute Gasteiger partial charge is 0.395 e. The predicted octanol–water partition coefficient (Wildman–Crippen LogP) is 4.14. The molecule has 2 aliphatic rings. The van der Waals surface area contributed by atoms with Crippen LogP contribution in [0.4, 0.5) is 8.78 Å². The first kappa shape index (κ1) is 15.3. The second-order valence-corrected chi connectivity index (χ2v) is 5.04. The van der Waals surface area contributed by atoms with Crippen LogP contribution in [0.1, 0.15) is 25.5 Å². The summed E-state index contributed by atoms with van der Waals surface area (Å²) in [7, 11) is 0. The Labute approximate surface area is 122 Å². The van der Waals surface area contributed by atoms with Crippen molar-refractivity contribution in [3.05, 3.63) is 42.2 Å². The average Bonchev–Trinajstić information content (AvgIpc) is 2.94. The highest BCUT2D eigenvalue weighted by atomic mass is 19.3. The number of para-hydroxylation sites is 2. The van der Waals surface area contributed by atoms with E-state index in [0.717, 1.165) is 11.6 Å². The van der Waals surface area contributed by atoms with E-state index < -0.39 is 6.29 Å². The summed E-state index contributed by atoms with van der Waals surface area (Å²) in [5.41, 5.74) is 1.11. The number of benzene rings is 1. The number of halogens is 2. The number of aryl methyl sites for hydroxylation is 1. The van der Waals surface area contributed by atoms with E-state index >= 15 is 0 Å². The Morgan fingerprint density at radius 3 is 1.95 bits per heavy atom. The SMILES string of the molecule is CC1CC1.Cc1ccn[nH]1.FC1(F)Oc2ccccc2O1. The van der Waals surface area contributed by atoms with Crippen molar-refractivity contribution in [3.63, 3.8) is 0 Å². The molecule has 2 heterocycles. The third kappa shape index (κ3) is 5.41. The van der Waals surface area contributed by atoms with Gasteiger partial charge in [-0.15, -0.1) is 8.78 Å². The van der Waals surface area contributed by atoms with Crippen LogP contribution in [0, 0.1) is 12.8 Å². The summed E-state index contributed by atoms with van der Waals surface area (Å²) in [6.45, 7) is 4.24. The van der Waals surface area contributed by atoms with E-state index in [-0.39, 0.29) is 11.5 Å². The maximum Gasteiger partial charge on any atom is 0.586 e. The molecule has 0 radical (unpaired) electrons. The van der Waals surface area contributed by atoms with Crippen molar-refractivity contribution in [2.75, 3.05) is 0 Å². The number of aromatic nitrogens is 2. The van der Waals surface area contributed by atoms with Gasteiger partial charge in [-0.1, -0.05) is 31.9 Å². The largest absolute Gasteiger partial charge is 0.586 e. The van der Waals surface area contributed by atoms with Crippen molar-refractivity contribution in [2.45, 2.75) is 33.0 Å². The normalized spacial score (nSPS) is 17.1. The van der Waals surface area contributed by atoms with Gasteiger partial charge in [0.25, 0.3) is 0 Å². The number of hydrogen-bond donors (Lipinski definition) is 1. The van der Waals surface area contributed by atoms with E-state index in [0.29, 0.717) is 0 Å². The fraction of sp³-hybridized carbons (Fsp3) is 0.400. The lowest BCUT2D eigenvalue weighted by molar-refractivity contribution is -0.286. The van der Waals surface area contributed by atoms with Crippen LogP contribution in [-0.2, 0) is 0 Å². The van der Waals surface area contributed by atoms with Gasteiger partial charge in [0.1, 0.15) is 0 Å². The first-order valence-electron chi connectivity index (χ1n) is 6.77. The Balaban J connectivity index is 0.000000135. The van der Waals surface area contributed by atoms with Crippen LogP contribution in [0.5, 0.6) is 11.5 Å². The standard InChI is InChI=1S/C7H4F2O2.C4H6N2.C4H8/c8-7(9)10-5-3-1-2-4-6(5)11-7;1-4-2-3-5-6-4;1-4-2-3-4/h1-4H;2-3H,1H3,(H,5,6);4H,2-3H2,1H3. The van der Waals surface area contributed by atoms with Crippen LogP contribution < -0.4 is 9.47 Å². The summed E-state index contributed by atoms with van der Waals surface area (Å²) in [5.74, 6) is 1.25. The fourth-order valence-electron chi connectivity index (χ4n) is 1.39. The molecule has 21 heavy (non-hydrogen) atoms. The number of ether oxygens (including phenoxy) is 2. The fourth-order valence-corrected chi connectivity index (χ4v) is 1.39. The maximum absolute atomic E-state index is 12.3. The molecular weight excluding hydrogens is 278 g/mol. The maximum atomic E-state index is 12.3. The molecule has 0 atom stereocenters. The van der Waals surface area contributed by atoms with Gasteiger partial charge < -0.3 is 9.47 Å². The molecule has 1 N–H and O–H groups in total. The highest BCUT2D eigenvalue weighted by molar-refractivity contribution is 5.41. The number of fused-ring (bicyclic) bond motifs is 1. The van der Waals surface area contributed by atoms with E-state index in [1.165, 1.54) is 25.0 Å². The van der Waals surface area contributed by atoms with Crippen LogP contribution >= 0.6 is 0 Å². The molecule has 1 aromatic heterocycles. The molecule has 2 aromatic rings. The third-order valence-corrected chi connectivity index (χ3v) is 2.81. The molecule has 1 aliphatic carbocycles. The summed E-state index contributed by atoms with van der Waals surface area (Å²) in [6, 6.07) is 7.97. The summed E-state index contributed by atoms with van der Waals surface area (Å²) in [5, 5.41) is 6.45. The van der Waals surface area contributed by atoms with Crippen molar-refractivity contribution >= 4 is 0 Å². The Morgan fingerprint density at radius 2 is 1.67 bits per heavy atom. The molecule has 0 saturated heterocycles. The third-order valence-electron chi connectivity index (χ3n) is 2.81. The van der Waals surface area contributed by atoms with E-state index in [1.807, 2.05) is 13.0 Å². The zero-order valence-corrected chi connectivity index (χ0v) is 12.0. The Bertz CT molecular complexity index is 528. The number of hydrogen-bond acceptors (Lipinski definition) is 3. The molecule has 4 nitrogen and oxygen atoms in total. The van der Waals surface area contributed by atoms with Gasteiger partial charge in [-0.3, -0.25) is 5.10 Å². The van der Waals surface area contributed by atoms with Crippen molar-refractivity contribution < 1.29 is 18.3 Å². The van der Waals surface area contributed by atoms with Gasteiger partial charge in [0.15, 0.2) is 11.5 Å². The van der Waals surface area contributed by atoms with E-state index in [9.17, 15) is 8.78 Å². The minimum atomic E-state index is -3.50. The van der Waals surface area contributed by atoms with Crippen molar-refractivity contribution in [1.82, 2.24) is 10.2 Å². The molecule has 1 saturated carbocycles. The van der Waals surface area contributed by atoms with Gasteiger partial charge >= 0.3 is 6.29 Å². The number of nitrogens with zero attached hydrogens (tertiary/aromatic N) is 1. The number of H-pyrrole nitrogens is 1. The van der Waals surface area contributed by atoms with Crippen LogP contribution in [0.25, 0.3) is 0 Å². The van der Waals surface area contributed by atoms with Crippen molar-refractivity contribution in [2.24, 2.45) is 5.92 Å². The number of rotatable bonds is 0. The number of aromatic amines is 1. The van der Waals surface area contributed by atoms with Gasteiger partial charge in [0.2, 0.25) is 0 Å². The molecule has 0 unspecified atom stereocenters. The first-order valence-corrected chi connectivity index (χ1v) is 6.77. The lowest BCUT2D eigenvalue weighted by atomic mass is 10.3.